The fourth-order valence-corrected chi connectivity index (χ4v) is 2.38. The van der Waals surface area contributed by atoms with E-state index in [9.17, 15) is 14.9 Å². The predicted molar refractivity (Wildman–Crippen MR) is 82.6 cm³/mol. The van der Waals surface area contributed by atoms with Gasteiger partial charge in [-0.15, -0.1) is 12.4 Å². The van der Waals surface area contributed by atoms with Crippen LogP contribution in [0.2, 0.25) is 0 Å². The van der Waals surface area contributed by atoms with Gasteiger partial charge in [-0.1, -0.05) is 0 Å². The second-order valence-corrected chi connectivity index (χ2v) is 5.13. The molecule has 1 saturated heterocycles. The quantitative estimate of drug-likeness (QED) is 0.487. The molecular weight excluding hydrogens is 296 g/mol. The number of piperidine rings is 1. The zero-order valence-electron chi connectivity index (χ0n) is 11.7. The number of carbonyl (C=O) groups excluding carboxylic acids is 1. The van der Waals surface area contributed by atoms with Gasteiger partial charge in [-0.3, -0.25) is 14.9 Å². The lowest BCUT2D eigenvalue weighted by molar-refractivity contribution is -0.384. The molecule has 4 N–H and O–H groups in total. The van der Waals surface area contributed by atoms with Gasteiger partial charge in [-0.2, -0.15) is 0 Å². The lowest BCUT2D eigenvalue weighted by Crippen LogP contribution is -2.43. The second-order valence-electron chi connectivity index (χ2n) is 5.13. The maximum absolute atomic E-state index is 12.4. The number of hydrogen-bond acceptors (Lipinski definition) is 5. The first kappa shape index (κ1) is 17.2. The summed E-state index contributed by atoms with van der Waals surface area (Å²) in [5.74, 6) is -0.263. The van der Waals surface area contributed by atoms with E-state index in [1.54, 1.807) is 17.9 Å². The van der Waals surface area contributed by atoms with Crippen LogP contribution in [0, 0.1) is 17.0 Å². The molecule has 0 aromatic heterocycles. The molecule has 0 unspecified atom stereocenters. The number of amides is 1. The van der Waals surface area contributed by atoms with E-state index in [4.69, 9.17) is 11.5 Å². The number of anilines is 1. The molecule has 1 aliphatic heterocycles. The van der Waals surface area contributed by atoms with Gasteiger partial charge >= 0.3 is 0 Å². The number of hydrogen-bond donors (Lipinski definition) is 2. The molecule has 1 aliphatic rings. The summed E-state index contributed by atoms with van der Waals surface area (Å²) in [5.41, 5.74) is 12.1. The average molecular weight is 315 g/mol. The van der Waals surface area contributed by atoms with Gasteiger partial charge < -0.3 is 16.4 Å². The topological polar surface area (TPSA) is 115 Å². The molecule has 0 bridgehead atoms. The van der Waals surface area contributed by atoms with E-state index < -0.39 is 4.92 Å². The Hall–Kier alpha value is -1.86. The van der Waals surface area contributed by atoms with E-state index in [-0.39, 0.29) is 41.3 Å². The van der Waals surface area contributed by atoms with Crippen LogP contribution in [-0.2, 0) is 0 Å². The minimum atomic E-state index is -0.564. The van der Waals surface area contributed by atoms with Gasteiger partial charge in [-0.05, 0) is 31.4 Å². The fraction of sp³-hybridized carbons (Fsp3) is 0.462. The monoisotopic (exact) mass is 314 g/mol. The first-order valence-electron chi connectivity index (χ1n) is 6.49. The Kier molecular flexibility index (Phi) is 5.51. The van der Waals surface area contributed by atoms with Crippen LogP contribution in [0.15, 0.2) is 12.1 Å². The van der Waals surface area contributed by atoms with E-state index in [2.05, 4.69) is 0 Å². The summed E-state index contributed by atoms with van der Waals surface area (Å²) in [6.07, 6.45) is 1.47. The molecule has 7 nitrogen and oxygen atoms in total. The number of nitrogens with two attached hydrogens (primary N) is 2. The van der Waals surface area contributed by atoms with Crippen molar-refractivity contribution in [1.29, 1.82) is 0 Å². The number of rotatable bonds is 2. The Labute approximate surface area is 128 Å². The van der Waals surface area contributed by atoms with Gasteiger partial charge in [0.2, 0.25) is 0 Å². The van der Waals surface area contributed by atoms with Crippen LogP contribution in [-0.4, -0.2) is 34.9 Å². The molecule has 1 aromatic carbocycles. The van der Waals surface area contributed by atoms with Gasteiger partial charge in [0.1, 0.15) is 5.69 Å². The lowest BCUT2D eigenvalue weighted by atomic mass is 10.0. The highest BCUT2D eigenvalue weighted by Gasteiger charge is 2.26. The van der Waals surface area contributed by atoms with Crippen LogP contribution in [0.1, 0.15) is 28.8 Å². The molecular formula is C13H19ClN4O3. The van der Waals surface area contributed by atoms with E-state index in [0.717, 1.165) is 12.8 Å². The molecule has 0 radical (unpaired) electrons. The molecule has 116 valence electrons. The van der Waals surface area contributed by atoms with Crippen molar-refractivity contribution in [2.45, 2.75) is 25.8 Å². The van der Waals surface area contributed by atoms with Crippen molar-refractivity contribution >= 4 is 29.7 Å². The highest BCUT2D eigenvalue weighted by molar-refractivity contribution is 6.01. The number of nitro groups is 1. The lowest BCUT2D eigenvalue weighted by Gasteiger charge is -2.30. The summed E-state index contributed by atoms with van der Waals surface area (Å²) in [7, 11) is 0. The van der Waals surface area contributed by atoms with Gasteiger partial charge in [0.15, 0.2) is 0 Å². The Morgan fingerprint density at radius 3 is 2.48 bits per heavy atom. The van der Waals surface area contributed by atoms with Crippen LogP contribution in [0.4, 0.5) is 11.4 Å². The second kappa shape index (κ2) is 6.73. The predicted octanol–water partition coefficient (Wildman–Crippen LogP) is 1.47. The van der Waals surface area contributed by atoms with Crippen molar-refractivity contribution in [2.75, 3.05) is 18.8 Å². The number of benzene rings is 1. The summed E-state index contributed by atoms with van der Waals surface area (Å²) < 4.78 is 0. The smallest absolute Gasteiger partial charge is 0.293 e. The largest absolute Gasteiger partial charge is 0.393 e. The Balaban J connectivity index is 0.00000220. The van der Waals surface area contributed by atoms with E-state index in [0.29, 0.717) is 18.7 Å². The number of nitrogen functional groups attached to an aromatic ring is 1. The molecule has 0 spiro atoms. The van der Waals surface area contributed by atoms with E-state index in [1.165, 1.54) is 6.07 Å². The minimum Gasteiger partial charge on any atom is -0.393 e. The first-order valence-corrected chi connectivity index (χ1v) is 6.49. The summed E-state index contributed by atoms with van der Waals surface area (Å²) in [4.78, 5) is 24.5. The highest BCUT2D eigenvalue weighted by Crippen LogP contribution is 2.28. The van der Waals surface area contributed by atoms with Gasteiger partial charge in [0, 0.05) is 25.2 Å². The molecule has 2 rings (SSSR count). The number of aryl methyl sites for hydroxylation is 1. The van der Waals surface area contributed by atoms with Crippen molar-refractivity contribution in [1.82, 2.24) is 4.90 Å². The van der Waals surface area contributed by atoms with Gasteiger partial charge in [0.25, 0.3) is 11.6 Å². The van der Waals surface area contributed by atoms with Crippen molar-refractivity contribution in [2.24, 2.45) is 5.73 Å². The van der Waals surface area contributed by atoms with Crippen LogP contribution >= 0.6 is 12.4 Å². The van der Waals surface area contributed by atoms with E-state index in [1.807, 2.05) is 0 Å². The minimum absolute atomic E-state index is 0. The number of nitro benzene ring substituents is 1. The average Bonchev–Trinajstić information content (AvgIpc) is 2.41. The third-order valence-electron chi connectivity index (χ3n) is 3.56. The normalized spacial score (nSPS) is 15.4. The Morgan fingerprint density at radius 2 is 1.95 bits per heavy atom. The van der Waals surface area contributed by atoms with Gasteiger partial charge in [-0.25, -0.2) is 0 Å². The maximum Gasteiger partial charge on any atom is 0.293 e. The third-order valence-corrected chi connectivity index (χ3v) is 3.56. The molecule has 8 heteroatoms. The maximum atomic E-state index is 12.4. The van der Waals surface area contributed by atoms with Crippen molar-refractivity contribution < 1.29 is 9.72 Å². The zero-order chi connectivity index (χ0) is 14.9. The zero-order valence-corrected chi connectivity index (χ0v) is 12.6. The molecule has 0 atom stereocenters. The number of nitrogens with zero attached hydrogens (tertiary/aromatic N) is 2. The van der Waals surface area contributed by atoms with Gasteiger partial charge in [0.05, 0.1) is 10.5 Å². The molecule has 1 aromatic rings. The highest BCUT2D eigenvalue weighted by atomic mass is 35.5. The molecule has 1 fully saturated rings. The molecule has 21 heavy (non-hydrogen) atoms. The first-order chi connectivity index (χ1) is 9.40. The Morgan fingerprint density at radius 1 is 1.38 bits per heavy atom. The molecule has 0 saturated carbocycles. The van der Waals surface area contributed by atoms with Crippen LogP contribution in [0.3, 0.4) is 0 Å². The molecule has 1 heterocycles. The van der Waals surface area contributed by atoms with Crippen molar-refractivity contribution in [3.8, 4) is 0 Å². The van der Waals surface area contributed by atoms with Crippen LogP contribution < -0.4 is 11.5 Å². The number of carbonyl (C=O) groups is 1. The molecule has 0 aliphatic carbocycles. The van der Waals surface area contributed by atoms with Crippen molar-refractivity contribution in [3.63, 3.8) is 0 Å². The van der Waals surface area contributed by atoms with Crippen LogP contribution in [0.25, 0.3) is 0 Å². The molecule has 1 amide bonds. The van der Waals surface area contributed by atoms with Crippen molar-refractivity contribution in [3.05, 3.63) is 33.4 Å². The summed E-state index contributed by atoms with van der Waals surface area (Å²) >= 11 is 0. The summed E-state index contributed by atoms with van der Waals surface area (Å²) in [5, 5.41) is 11.0. The van der Waals surface area contributed by atoms with E-state index >= 15 is 0 Å². The number of likely N-dealkylation sites (tertiary alicyclic amines) is 1. The standard InChI is InChI=1S/C13H18N4O3.ClH/c1-8-6-10(12(15)11(7-8)17(19)20)13(18)16-4-2-9(14)3-5-16;/h6-7,9H,2-5,14-15H2,1H3;1H. The fourth-order valence-electron chi connectivity index (χ4n) is 2.38. The number of halogens is 1. The summed E-state index contributed by atoms with van der Waals surface area (Å²) in [6.45, 7) is 2.82. The third kappa shape index (κ3) is 3.62. The summed E-state index contributed by atoms with van der Waals surface area (Å²) in [6, 6.07) is 3.08. The Bertz CT molecular complexity index is 557. The van der Waals surface area contributed by atoms with Crippen LogP contribution in [0.5, 0.6) is 0 Å². The SMILES string of the molecule is Cc1cc(C(=O)N2CCC(N)CC2)c(N)c([N+](=O)[O-])c1.Cl.